The van der Waals surface area contributed by atoms with Crippen LogP contribution in [0.15, 0.2) is 59.3 Å². The van der Waals surface area contributed by atoms with Gasteiger partial charge in [-0.1, -0.05) is 38.3 Å². The van der Waals surface area contributed by atoms with Gasteiger partial charge in [0.05, 0.1) is 30.9 Å². The summed E-state index contributed by atoms with van der Waals surface area (Å²) in [5.74, 6) is 0.591. The van der Waals surface area contributed by atoms with E-state index in [1.54, 1.807) is 19.5 Å². The smallest absolute Gasteiger partial charge is 0.254 e. The lowest BCUT2D eigenvalue weighted by atomic mass is 9.97. The van der Waals surface area contributed by atoms with Gasteiger partial charge in [-0.05, 0) is 71.1 Å². The molecule has 1 aromatic carbocycles. The van der Waals surface area contributed by atoms with Crippen LogP contribution in [0.25, 0.3) is 16.6 Å². The Balaban J connectivity index is 1.58. The van der Waals surface area contributed by atoms with Crippen molar-refractivity contribution in [2.45, 2.75) is 64.7 Å². The molecule has 0 bridgehead atoms. The Kier molecular flexibility index (Phi) is 8.39. The number of methoxy groups -OCH3 is 1. The van der Waals surface area contributed by atoms with Crippen molar-refractivity contribution in [2.24, 2.45) is 0 Å². The predicted molar refractivity (Wildman–Crippen MR) is 151 cm³/mol. The van der Waals surface area contributed by atoms with Crippen LogP contribution < -0.4 is 10.1 Å². The number of halogens is 1. The zero-order chi connectivity index (χ0) is 26.5. The van der Waals surface area contributed by atoms with Crippen LogP contribution in [0.4, 0.5) is 0 Å². The molecule has 1 aliphatic carbocycles. The molecule has 0 saturated heterocycles. The van der Waals surface area contributed by atoms with Crippen molar-refractivity contribution in [2.75, 3.05) is 7.11 Å². The van der Waals surface area contributed by atoms with Gasteiger partial charge in [0.2, 0.25) is 0 Å². The van der Waals surface area contributed by atoms with E-state index >= 15 is 0 Å². The maximum Gasteiger partial charge on any atom is 0.254 e. The zero-order valence-electron chi connectivity index (χ0n) is 21.9. The molecule has 1 N–H and O–H groups in total. The fourth-order valence-corrected chi connectivity index (χ4v) is 5.48. The van der Waals surface area contributed by atoms with Gasteiger partial charge >= 0.3 is 0 Å². The molecule has 38 heavy (non-hydrogen) atoms. The molecule has 5 rings (SSSR count). The van der Waals surface area contributed by atoms with Gasteiger partial charge in [-0.2, -0.15) is 5.10 Å². The summed E-state index contributed by atoms with van der Waals surface area (Å²) in [6, 6.07) is 13.8. The third-order valence-electron chi connectivity index (χ3n) is 7.15. The summed E-state index contributed by atoms with van der Waals surface area (Å²) in [6.07, 6.45) is 10.3. The Morgan fingerprint density at radius 2 is 1.89 bits per heavy atom. The van der Waals surface area contributed by atoms with Crippen molar-refractivity contribution in [1.29, 1.82) is 0 Å². The number of hydrogen-bond donors (Lipinski definition) is 1. The number of nitrogens with one attached hydrogen (secondary N) is 1. The van der Waals surface area contributed by atoms with E-state index in [0.29, 0.717) is 17.8 Å². The van der Waals surface area contributed by atoms with Gasteiger partial charge in [-0.15, -0.1) is 0 Å². The molecule has 3 aromatic heterocycles. The molecule has 0 spiro atoms. The van der Waals surface area contributed by atoms with Crippen LogP contribution >= 0.6 is 15.9 Å². The Hall–Kier alpha value is -3.23. The highest BCUT2D eigenvalue weighted by atomic mass is 79.9. The Bertz CT molecular complexity index is 1410. The molecule has 0 unspecified atom stereocenters. The summed E-state index contributed by atoms with van der Waals surface area (Å²) in [4.78, 5) is 18.3. The average molecular weight is 578 g/mol. The summed E-state index contributed by atoms with van der Waals surface area (Å²) in [7, 11) is 1.64. The molecule has 1 fully saturated rings. The van der Waals surface area contributed by atoms with E-state index in [1.165, 1.54) is 19.3 Å². The van der Waals surface area contributed by atoms with Crippen molar-refractivity contribution >= 4 is 27.4 Å². The predicted octanol–water partition coefficient (Wildman–Crippen LogP) is 6.51. The van der Waals surface area contributed by atoms with Crippen LogP contribution in [0.2, 0.25) is 0 Å². The van der Waals surface area contributed by atoms with Gasteiger partial charge in [0.15, 0.2) is 0 Å². The van der Waals surface area contributed by atoms with E-state index in [0.717, 1.165) is 57.4 Å². The summed E-state index contributed by atoms with van der Waals surface area (Å²) in [5, 5.41) is 8.10. The van der Waals surface area contributed by atoms with Crippen LogP contribution in [0.3, 0.4) is 0 Å². The first-order valence-electron chi connectivity index (χ1n) is 13.2. The first kappa shape index (κ1) is 26.4. The molecule has 198 valence electrons. The van der Waals surface area contributed by atoms with Gasteiger partial charge in [-0.25, -0.2) is 4.52 Å². The lowest BCUT2D eigenvalue weighted by Crippen LogP contribution is -2.27. The second-order valence-corrected chi connectivity index (χ2v) is 10.6. The normalized spacial score (nSPS) is 14.1. The maximum atomic E-state index is 13.9. The summed E-state index contributed by atoms with van der Waals surface area (Å²) < 4.78 is 14.4. The topological polar surface area (TPSA) is 77.8 Å². The molecule has 7 nitrogen and oxygen atoms in total. The number of rotatable bonds is 9. The molecular formula is C30H33BrN4O3. The molecule has 4 aromatic rings. The van der Waals surface area contributed by atoms with E-state index in [4.69, 9.17) is 14.6 Å². The summed E-state index contributed by atoms with van der Waals surface area (Å²) in [6.45, 7) is 2.77. The van der Waals surface area contributed by atoms with Crippen molar-refractivity contribution in [3.63, 3.8) is 0 Å². The molecule has 0 atom stereocenters. The van der Waals surface area contributed by atoms with E-state index in [1.807, 2.05) is 40.9 Å². The monoisotopic (exact) mass is 576 g/mol. The van der Waals surface area contributed by atoms with Gasteiger partial charge in [-0.3, -0.25) is 9.78 Å². The second-order valence-electron chi connectivity index (χ2n) is 9.67. The van der Waals surface area contributed by atoms with Crippen molar-refractivity contribution < 1.29 is 14.3 Å². The van der Waals surface area contributed by atoms with Crippen molar-refractivity contribution in [1.82, 2.24) is 19.9 Å². The Labute approximate surface area is 231 Å². The number of aryl methyl sites for hydroxylation is 1. The van der Waals surface area contributed by atoms with Gasteiger partial charge < -0.3 is 14.8 Å². The maximum absolute atomic E-state index is 13.9. The Morgan fingerprint density at radius 1 is 1.11 bits per heavy atom. The van der Waals surface area contributed by atoms with Crippen LogP contribution in [-0.2, 0) is 24.3 Å². The summed E-state index contributed by atoms with van der Waals surface area (Å²) >= 11 is 3.56. The second kappa shape index (κ2) is 12.1. The highest BCUT2D eigenvalue weighted by Crippen LogP contribution is 2.33. The van der Waals surface area contributed by atoms with Crippen LogP contribution in [0.1, 0.15) is 66.3 Å². The van der Waals surface area contributed by atoms with Crippen LogP contribution in [0, 0.1) is 0 Å². The number of benzene rings is 1. The number of carbonyl (C=O) groups is 1. The minimum Gasteiger partial charge on any atom is -0.497 e. The highest BCUT2D eigenvalue weighted by molar-refractivity contribution is 9.10. The quantitative estimate of drug-likeness (QED) is 0.246. The number of ether oxygens (including phenoxy) is 2. The lowest BCUT2D eigenvalue weighted by Gasteiger charge is -2.23. The molecule has 1 aliphatic rings. The first-order valence-corrected chi connectivity index (χ1v) is 14.0. The van der Waals surface area contributed by atoms with E-state index in [-0.39, 0.29) is 18.6 Å². The van der Waals surface area contributed by atoms with Crippen LogP contribution in [0.5, 0.6) is 5.75 Å². The Morgan fingerprint density at radius 3 is 2.61 bits per heavy atom. The third kappa shape index (κ3) is 5.76. The number of amides is 1. The van der Waals surface area contributed by atoms with E-state index in [9.17, 15) is 4.79 Å². The zero-order valence-corrected chi connectivity index (χ0v) is 23.5. The van der Waals surface area contributed by atoms with Gasteiger partial charge in [0.1, 0.15) is 11.4 Å². The van der Waals surface area contributed by atoms with Crippen molar-refractivity contribution in [3.8, 4) is 16.9 Å². The number of nitrogens with zero attached hydrogens (tertiary/aromatic N) is 3. The minimum absolute atomic E-state index is 0.188. The molecule has 3 heterocycles. The van der Waals surface area contributed by atoms with Gasteiger partial charge in [0.25, 0.3) is 5.91 Å². The first-order chi connectivity index (χ1) is 18.6. The molecule has 1 saturated carbocycles. The molecule has 0 aliphatic heterocycles. The molecular weight excluding hydrogens is 544 g/mol. The largest absolute Gasteiger partial charge is 0.497 e. The number of aromatic nitrogens is 3. The van der Waals surface area contributed by atoms with Crippen molar-refractivity contribution in [3.05, 3.63) is 81.8 Å². The number of fused-ring (bicyclic) bond motifs is 1. The summed E-state index contributed by atoms with van der Waals surface area (Å²) in [5.41, 5.74) is 5.75. The highest BCUT2D eigenvalue weighted by Gasteiger charge is 2.25. The molecule has 1 amide bonds. The van der Waals surface area contributed by atoms with E-state index in [2.05, 4.69) is 39.2 Å². The molecule has 0 radical (unpaired) electrons. The third-order valence-corrected chi connectivity index (χ3v) is 7.59. The lowest BCUT2D eigenvalue weighted by molar-refractivity contribution is 0.0145. The minimum atomic E-state index is -0.188. The number of carbonyl (C=O) groups excluding carboxylic acids is 1. The molecule has 8 heteroatoms. The van der Waals surface area contributed by atoms with Crippen LogP contribution in [-0.4, -0.2) is 33.7 Å². The fourth-order valence-electron chi connectivity index (χ4n) is 5.12. The average Bonchev–Trinajstić information content (AvgIpc) is 3.37. The van der Waals surface area contributed by atoms with Gasteiger partial charge in [0, 0.05) is 40.2 Å². The standard InChI is InChI=1S/C30H33BrN4O3/c1-3-23-11-14-27-28(21-15-22(31)18-32-17-21)29(30(36)33-16-20-9-12-24(37-2)13-10-20)26(34-35(23)27)19-38-25-7-5-4-6-8-25/h9-15,17-18,25H,3-8,16,19H2,1-2H3,(H,33,36). The fraction of sp³-hybridized carbons (Fsp3) is 0.367. The number of pyridine rings is 1. The van der Waals surface area contributed by atoms with E-state index < -0.39 is 0 Å². The SMILES string of the molecule is CCc1ccc2c(-c3cncc(Br)c3)c(C(=O)NCc3ccc(OC)cc3)c(COC3CCCCC3)nn12. The number of hydrogen-bond acceptors (Lipinski definition) is 5.